The minimum absolute atomic E-state index is 0.192. The Labute approximate surface area is 123 Å². The summed E-state index contributed by atoms with van der Waals surface area (Å²) in [4.78, 5) is 0. The lowest BCUT2D eigenvalue weighted by molar-refractivity contribution is 0.477. The molecule has 1 nitrogen and oxygen atoms in total. The van der Waals surface area contributed by atoms with E-state index in [4.69, 9.17) is 0 Å². The van der Waals surface area contributed by atoms with Crippen LogP contribution in [0.25, 0.3) is 22.3 Å². The minimum atomic E-state index is -0.284. The number of aromatic hydroxyl groups is 1. The molecule has 3 rings (SSSR count). The van der Waals surface area contributed by atoms with Crippen molar-refractivity contribution in [1.29, 1.82) is 0 Å². The van der Waals surface area contributed by atoms with Crippen LogP contribution in [0.3, 0.4) is 0 Å². The Balaban J connectivity index is 2.07. The van der Waals surface area contributed by atoms with Crippen LogP contribution in [0.5, 0.6) is 5.75 Å². The molecule has 0 aliphatic rings. The van der Waals surface area contributed by atoms with Gasteiger partial charge in [0.2, 0.25) is 0 Å². The molecule has 0 heterocycles. The van der Waals surface area contributed by atoms with E-state index in [2.05, 4.69) is 24.3 Å². The fraction of sp³-hybridized carbons (Fsp3) is 0.0526. The van der Waals surface area contributed by atoms with Crippen molar-refractivity contribution in [2.75, 3.05) is 0 Å². The summed E-state index contributed by atoms with van der Waals surface area (Å²) in [6.07, 6.45) is 0. The molecule has 2 heteroatoms. The molecular weight excluding hydrogens is 263 g/mol. The summed E-state index contributed by atoms with van der Waals surface area (Å²) in [6.45, 7) is 2.05. The van der Waals surface area contributed by atoms with E-state index in [1.54, 1.807) is 18.2 Å². The highest BCUT2D eigenvalue weighted by Crippen LogP contribution is 2.33. The molecule has 0 aromatic heterocycles. The zero-order valence-electron chi connectivity index (χ0n) is 11.7. The lowest BCUT2D eigenvalue weighted by Crippen LogP contribution is -1.84. The van der Waals surface area contributed by atoms with Crippen LogP contribution in [0.15, 0.2) is 66.7 Å². The van der Waals surface area contributed by atoms with Gasteiger partial charge in [-0.3, -0.25) is 0 Å². The van der Waals surface area contributed by atoms with Crippen LogP contribution >= 0.6 is 0 Å². The van der Waals surface area contributed by atoms with Crippen molar-refractivity contribution < 1.29 is 9.50 Å². The van der Waals surface area contributed by atoms with Crippen LogP contribution in [-0.2, 0) is 0 Å². The first-order chi connectivity index (χ1) is 10.1. The number of phenols is 1. The quantitative estimate of drug-likeness (QED) is 0.685. The molecule has 1 N–H and O–H groups in total. The van der Waals surface area contributed by atoms with Crippen LogP contribution in [0, 0.1) is 12.7 Å². The van der Waals surface area contributed by atoms with E-state index in [0.29, 0.717) is 5.56 Å². The summed E-state index contributed by atoms with van der Waals surface area (Å²) in [5, 5.41) is 10.1. The Bertz CT molecular complexity index is 759. The van der Waals surface area contributed by atoms with Gasteiger partial charge in [-0.05, 0) is 47.9 Å². The smallest absolute Gasteiger partial charge is 0.123 e. The average Bonchev–Trinajstić information content (AvgIpc) is 2.50. The summed E-state index contributed by atoms with van der Waals surface area (Å²) in [5.41, 5.74) is 4.81. The van der Waals surface area contributed by atoms with Gasteiger partial charge in [0.15, 0.2) is 0 Å². The van der Waals surface area contributed by atoms with Crippen molar-refractivity contribution in [2.45, 2.75) is 6.92 Å². The van der Waals surface area contributed by atoms with Crippen molar-refractivity contribution in [1.82, 2.24) is 0 Å². The second-order valence-electron chi connectivity index (χ2n) is 5.10. The first-order valence-corrected chi connectivity index (χ1v) is 6.79. The van der Waals surface area contributed by atoms with Gasteiger partial charge in [-0.15, -0.1) is 0 Å². The van der Waals surface area contributed by atoms with Gasteiger partial charge in [0, 0.05) is 5.56 Å². The molecule has 0 unspecified atom stereocenters. The van der Waals surface area contributed by atoms with E-state index in [0.717, 1.165) is 16.7 Å². The zero-order chi connectivity index (χ0) is 14.8. The van der Waals surface area contributed by atoms with E-state index in [9.17, 15) is 9.50 Å². The predicted molar refractivity (Wildman–Crippen MR) is 83.7 cm³/mol. The molecular formula is C19H15FO. The Hall–Kier alpha value is -2.61. The molecule has 0 aliphatic carbocycles. The lowest BCUT2D eigenvalue weighted by Gasteiger charge is -2.09. The van der Waals surface area contributed by atoms with E-state index in [1.807, 2.05) is 19.1 Å². The second-order valence-corrected chi connectivity index (χ2v) is 5.10. The van der Waals surface area contributed by atoms with Gasteiger partial charge in [0.05, 0.1) is 0 Å². The molecule has 3 aromatic rings. The molecule has 0 spiro atoms. The maximum absolute atomic E-state index is 13.0. The number of benzene rings is 3. The second kappa shape index (κ2) is 5.41. The molecule has 0 fully saturated rings. The third-order valence-corrected chi connectivity index (χ3v) is 3.54. The van der Waals surface area contributed by atoms with Gasteiger partial charge >= 0.3 is 0 Å². The number of hydrogen-bond donors (Lipinski definition) is 1. The average molecular weight is 278 g/mol. The maximum atomic E-state index is 13.0. The predicted octanol–water partition coefficient (Wildman–Crippen LogP) is 5.17. The fourth-order valence-corrected chi connectivity index (χ4v) is 2.32. The van der Waals surface area contributed by atoms with Crippen molar-refractivity contribution in [3.8, 4) is 28.0 Å². The van der Waals surface area contributed by atoms with Crippen LogP contribution in [-0.4, -0.2) is 5.11 Å². The largest absolute Gasteiger partial charge is 0.507 e. The van der Waals surface area contributed by atoms with Gasteiger partial charge in [0.25, 0.3) is 0 Å². The highest BCUT2D eigenvalue weighted by molar-refractivity contribution is 5.77. The van der Waals surface area contributed by atoms with Gasteiger partial charge in [-0.1, -0.05) is 48.0 Å². The maximum Gasteiger partial charge on any atom is 0.123 e. The normalized spacial score (nSPS) is 10.6. The first kappa shape index (κ1) is 13.4. The molecule has 104 valence electrons. The Morgan fingerprint density at radius 2 is 1.29 bits per heavy atom. The summed E-state index contributed by atoms with van der Waals surface area (Å²) in [7, 11) is 0. The number of rotatable bonds is 2. The molecule has 0 amide bonds. The van der Waals surface area contributed by atoms with E-state index < -0.39 is 0 Å². The highest BCUT2D eigenvalue weighted by Gasteiger charge is 2.07. The Kier molecular flexibility index (Phi) is 3.44. The number of halogens is 1. The van der Waals surface area contributed by atoms with Crippen LogP contribution < -0.4 is 0 Å². The van der Waals surface area contributed by atoms with Crippen molar-refractivity contribution >= 4 is 0 Å². The van der Waals surface area contributed by atoms with E-state index in [-0.39, 0.29) is 11.6 Å². The summed E-state index contributed by atoms with van der Waals surface area (Å²) >= 11 is 0. The molecule has 0 saturated heterocycles. The summed E-state index contributed by atoms with van der Waals surface area (Å²) in [6, 6.07) is 19.8. The van der Waals surface area contributed by atoms with Crippen LogP contribution in [0.2, 0.25) is 0 Å². The summed E-state index contributed by atoms with van der Waals surface area (Å²) in [5.74, 6) is -0.0922. The molecule has 0 aliphatic heterocycles. The van der Waals surface area contributed by atoms with Crippen molar-refractivity contribution in [3.63, 3.8) is 0 Å². The lowest BCUT2D eigenvalue weighted by atomic mass is 9.97. The molecule has 0 radical (unpaired) electrons. The standard InChI is InChI=1S/C19H15FO/c1-13-2-4-14(5-3-13)16-8-11-19(21)18(12-16)15-6-9-17(20)10-7-15/h2-12,21H,1H3. The fourth-order valence-electron chi connectivity index (χ4n) is 2.32. The topological polar surface area (TPSA) is 20.2 Å². The monoisotopic (exact) mass is 278 g/mol. The first-order valence-electron chi connectivity index (χ1n) is 6.79. The van der Waals surface area contributed by atoms with Gasteiger partial charge in [0.1, 0.15) is 11.6 Å². The van der Waals surface area contributed by atoms with Crippen LogP contribution in [0.4, 0.5) is 4.39 Å². The third-order valence-electron chi connectivity index (χ3n) is 3.54. The molecule has 0 bridgehead atoms. The van der Waals surface area contributed by atoms with E-state index in [1.165, 1.54) is 17.7 Å². The van der Waals surface area contributed by atoms with Gasteiger partial charge < -0.3 is 5.11 Å². The highest BCUT2D eigenvalue weighted by atomic mass is 19.1. The zero-order valence-corrected chi connectivity index (χ0v) is 11.7. The third kappa shape index (κ3) is 2.79. The van der Waals surface area contributed by atoms with Crippen molar-refractivity contribution in [2.24, 2.45) is 0 Å². The molecule has 0 saturated carbocycles. The molecule has 21 heavy (non-hydrogen) atoms. The number of aryl methyl sites for hydroxylation is 1. The SMILES string of the molecule is Cc1ccc(-c2ccc(O)c(-c3ccc(F)cc3)c2)cc1. The Morgan fingerprint density at radius 1 is 0.714 bits per heavy atom. The van der Waals surface area contributed by atoms with Crippen LogP contribution in [0.1, 0.15) is 5.56 Å². The number of hydrogen-bond acceptors (Lipinski definition) is 1. The van der Waals surface area contributed by atoms with Crippen molar-refractivity contribution in [3.05, 3.63) is 78.1 Å². The Morgan fingerprint density at radius 3 is 1.95 bits per heavy atom. The number of phenolic OH excluding ortho intramolecular Hbond substituents is 1. The minimum Gasteiger partial charge on any atom is -0.507 e. The van der Waals surface area contributed by atoms with E-state index >= 15 is 0 Å². The summed E-state index contributed by atoms with van der Waals surface area (Å²) < 4.78 is 13.0. The molecule has 3 aromatic carbocycles. The molecule has 0 atom stereocenters. The van der Waals surface area contributed by atoms with Gasteiger partial charge in [-0.2, -0.15) is 0 Å². The van der Waals surface area contributed by atoms with Gasteiger partial charge in [-0.25, -0.2) is 4.39 Å².